The first-order valence-corrected chi connectivity index (χ1v) is 5.88. The molecular weight excluding hydrogens is 218 g/mol. The summed E-state index contributed by atoms with van der Waals surface area (Å²) < 4.78 is 5.15. The molecule has 0 aliphatic carbocycles. The van der Waals surface area contributed by atoms with Gasteiger partial charge in [0.25, 0.3) is 0 Å². The molecule has 0 aliphatic heterocycles. The molecule has 0 atom stereocenters. The zero-order valence-corrected chi connectivity index (χ0v) is 10.9. The van der Waals surface area contributed by atoms with Gasteiger partial charge >= 0.3 is 0 Å². The van der Waals surface area contributed by atoms with Gasteiger partial charge in [0.15, 0.2) is 11.8 Å². The Morgan fingerprint density at radius 3 is 2.76 bits per heavy atom. The maximum absolute atomic E-state index is 5.15. The van der Waals surface area contributed by atoms with Crippen molar-refractivity contribution in [3.8, 4) is 0 Å². The number of aliphatic imine (C=N–C) groups is 1. The Balaban J connectivity index is 2.26. The lowest BCUT2D eigenvalue weighted by atomic mass is 10.2. The van der Waals surface area contributed by atoms with E-state index in [2.05, 4.69) is 25.8 Å². The van der Waals surface area contributed by atoms with Gasteiger partial charge in [0.2, 0.25) is 5.89 Å². The molecule has 0 aromatic carbocycles. The van der Waals surface area contributed by atoms with Crippen molar-refractivity contribution in [2.45, 2.75) is 32.6 Å². The summed E-state index contributed by atoms with van der Waals surface area (Å²) in [6.45, 7) is 4.92. The van der Waals surface area contributed by atoms with Crippen LogP contribution in [0.1, 0.15) is 37.9 Å². The minimum Gasteiger partial charge on any atom is -0.359 e. The van der Waals surface area contributed by atoms with Crippen molar-refractivity contribution in [1.82, 2.24) is 20.8 Å². The van der Waals surface area contributed by atoms with E-state index in [1.165, 1.54) is 0 Å². The molecule has 0 bridgehead atoms. The summed E-state index contributed by atoms with van der Waals surface area (Å²) in [7, 11) is 3.58. The fourth-order valence-electron chi connectivity index (χ4n) is 1.33. The van der Waals surface area contributed by atoms with E-state index in [1.807, 2.05) is 20.9 Å². The smallest absolute Gasteiger partial charge is 0.226 e. The van der Waals surface area contributed by atoms with Crippen molar-refractivity contribution in [3.63, 3.8) is 0 Å². The van der Waals surface area contributed by atoms with Gasteiger partial charge in [-0.2, -0.15) is 4.98 Å². The van der Waals surface area contributed by atoms with E-state index in [0.717, 1.165) is 31.2 Å². The third-order valence-corrected chi connectivity index (χ3v) is 2.32. The monoisotopic (exact) mass is 239 g/mol. The average molecular weight is 239 g/mol. The van der Waals surface area contributed by atoms with Crippen LogP contribution in [0.5, 0.6) is 0 Å². The van der Waals surface area contributed by atoms with Gasteiger partial charge in [-0.3, -0.25) is 4.99 Å². The molecule has 0 aliphatic rings. The van der Waals surface area contributed by atoms with E-state index >= 15 is 0 Å². The van der Waals surface area contributed by atoms with Crippen LogP contribution in [0.25, 0.3) is 0 Å². The molecule has 1 aromatic heterocycles. The number of rotatable bonds is 5. The normalized spacial score (nSPS) is 11.9. The zero-order valence-electron chi connectivity index (χ0n) is 10.9. The summed E-state index contributed by atoms with van der Waals surface area (Å²) in [4.78, 5) is 8.34. The molecule has 1 aromatic rings. The lowest BCUT2D eigenvalue weighted by Gasteiger charge is -2.06. The van der Waals surface area contributed by atoms with Gasteiger partial charge in [0, 0.05) is 33.0 Å². The van der Waals surface area contributed by atoms with E-state index in [1.54, 1.807) is 7.05 Å². The number of guanidine groups is 1. The van der Waals surface area contributed by atoms with Gasteiger partial charge in [0.05, 0.1) is 0 Å². The summed E-state index contributed by atoms with van der Waals surface area (Å²) >= 11 is 0. The largest absolute Gasteiger partial charge is 0.359 e. The van der Waals surface area contributed by atoms with E-state index in [9.17, 15) is 0 Å². The highest BCUT2D eigenvalue weighted by Crippen LogP contribution is 2.10. The lowest BCUT2D eigenvalue weighted by Crippen LogP contribution is -2.35. The van der Waals surface area contributed by atoms with Crippen molar-refractivity contribution in [1.29, 1.82) is 0 Å². The molecule has 0 saturated carbocycles. The Labute approximate surface area is 102 Å². The highest BCUT2D eigenvalue weighted by molar-refractivity contribution is 5.79. The molecular formula is C11H21N5O. The van der Waals surface area contributed by atoms with Gasteiger partial charge in [0.1, 0.15) is 0 Å². The summed E-state index contributed by atoms with van der Waals surface area (Å²) in [6, 6.07) is 0. The van der Waals surface area contributed by atoms with Gasteiger partial charge in [-0.25, -0.2) is 0 Å². The summed E-state index contributed by atoms with van der Waals surface area (Å²) in [5.74, 6) is 2.58. The Bertz CT molecular complexity index is 358. The Hall–Kier alpha value is -1.59. The number of aryl methyl sites for hydroxylation is 1. The highest BCUT2D eigenvalue weighted by atomic mass is 16.5. The van der Waals surface area contributed by atoms with Crippen LogP contribution in [0.3, 0.4) is 0 Å². The predicted molar refractivity (Wildman–Crippen MR) is 67.1 cm³/mol. The second-order valence-corrected chi connectivity index (χ2v) is 4.05. The van der Waals surface area contributed by atoms with E-state index in [4.69, 9.17) is 4.52 Å². The molecule has 0 spiro atoms. The van der Waals surface area contributed by atoms with Gasteiger partial charge < -0.3 is 15.2 Å². The van der Waals surface area contributed by atoms with Crippen molar-refractivity contribution < 1.29 is 4.52 Å². The molecule has 2 N–H and O–H groups in total. The average Bonchev–Trinajstić information content (AvgIpc) is 2.78. The molecule has 96 valence electrons. The van der Waals surface area contributed by atoms with Gasteiger partial charge in [-0.05, 0) is 6.42 Å². The SMILES string of the molecule is CN=C(NC)NCCCc1nc(C(C)C)no1. The van der Waals surface area contributed by atoms with Gasteiger partial charge in [-0.15, -0.1) is 0 Å². The van der Waals surface area contributed by atoms with Crippen LogP contribution < -0.4 is 10.6 Å². The van der Waals surface area contributed by atoms with Crippen LogP contribution in [-0.2, 0) is 6.42 Å². The Kier molecular flexibility index (Phi) is 5.45. The van der Waals surface area contributed by atoms with Gasteiger partial charge in [-0.1, -0.05) is 19.0 Å². The maximum Gasteiger partial charge on any atom is 0.226 e. The fourth-order valence-corrected chi connectivity index (χ4v) is 1.33. The molecule has 1 heterocycles. The van der Waals surface area contributed by atoms with Crippen LogP contribution >= 0.6 is 0 Å². The number of hydrogen-bond acceptors (Lipinski definition) is 4. The minimum absolute atomic E-state index is 0.314. The molecule has 0 amide bonds. The molecule has 0 fully saturated rings. The van der Waals surface area contributed by atoms with E-state index in [-0.39, 0.29) is 0 Å². The Morgan fingerprint density at radius 1 is 1.47 bits per heavy atom. The Morgan fingerprint density at radius 2 is 2.24 bits per heavy atom. The number of aromatic nitrogens is 2. The third-order valence-electron chi connectivity index (χ3n) is 2.32. The first-order valence-electron chi connectivity index (χ1n) is 5.88. The molecule has 0 saturated heterocycles. The van der Waals surface area contributed by atoms with E-state index < -0.39 is 0 Å². The van der Waals surface area contributed by atoms with Crippen LogP contribution in [-0.4, -0.2) is 36.7 Å². The number of nitrogens with zero attached hydrogens (tertiary/aromatic N) is 3. The fraction of sp³-hybridized carbons (Fsp3) is 0.727. The van der Waals surface area contributed by atoms with Crippen LogP contribution in [0.4, 0.5) is 0 Å². The summed E-state index contributed by atoms with van der Waals surface area (Å²) in [5.41, 5.74) is 0. The van der Waals surface area contributed by atoms with Crippen molar-refractivity contribution >= 4 is 5.96 Å². The molecule has 6 heteroatoms. The molecule has 0 radical (unpaired) electrons. The first kappa shape index (κ1) is 13.5. The first-order chi connectivity index (χ1) is 8.17. The third kappa shape index (κ3) is 4.42. The van der Waals surface area contributed by atoms with E-state index in [0.29, 0.717) is 11.8 Å². The maximum atomic E-state index is 5.15. The standard InChI is InChI=1S/C11H21N5O/c1-8(2)10-15-9(17-16-10)6-5-7-14-11(12-3)13-4/h8H,5-7H2,1-4H3,(H2,12,13,14). The number of nitrogens with one attached hydrogen (secondary N) is 2. The van der Waals surface area contributed by atoms with Crippen molar-refractivity contribution in [3.05, 3.63) is 11.7 Å². The second-order valence-electron chi connectivity index (χ2n) is 4.05. The summed E-state index contributed by atoms with van der Waals surface area (Å²) in [5, 5.41) is 10.0. The molecule has 17 heavy (non-hydrogen) atoms. The number of hydrogen-bond donors (Lipinski definition) is 2. The molecule has 1 rings (SSSR count). The topological polar surface area (TPSA) is 75.3 Å². The quantitative estimate of drug-likeness (QED) is 0.454. The predicted octanol–water partition coefficient (Wildman–Crippen LogP) is 0.920. The molecule has 0 unspecified atom stereocenters. The van der Waals surface area contributed by atoms with Crippen molar-refractivity contribution in [2.24, 2.45) is 4.99 Å². The van der Waals surface area contributed by atoms with Crippen molar-refractivity contribution in [2.75, 3.05) is 20.6 Å². The zero-order chi connectivity index (χ0) is 12.7. The van der Waals surface area contributed by atoms with Crippen LogP contribution in [0.2, 0.25) is 0 Å². The second kappa shape index (κ2) is 6.88. The highest BCUT2D eigenvalue weighted by Gasteiger charge is 2.08. The van der Waals surface area contributed by atoms with Crippen LogP contribution in [0.15, 0.2) is 9.52 Å². The minimum atomic E-state index is 0.314. The molecule has 6 nitrogen and oxygen atoms in total. The van der Waals surface area contributed by atoms with Crippen LogP contribution in [0, 0.1) is 0 Å². The summed E-state index contributed by atoms with van der Waals surface area (Å²) in [6.07, 6.45) is 1.72. The lowest BCUT2D eigenvalue weighted by molar-refractivity contribution is 0.368.